The monoisotopic (exact) mass is 237 g/mol. The number of ether oxygens (including phenoxy) is 1. The van der Waals surface area contributed by atoms with Gasteiger partial charge in [-0.1, -0.05) is 25.1 Å². The first-order valence-electron chi connectivity index (χ1n) is 6.19. The lowest BCUT2D eigenvalue weighted by Gasteiger charge is -2.42. The molecule has 3 unspecified atom stereocenters. The van der Waals surface area contributed by atoms with Crippen molar-refractivity contribution >= 4 is 0 Å². The van der Waals surface area contributed by atoms with Gasteiger partial charge in [-0.05, 0) is 26.3 Å². The number of hydrogen-bond donors (Lipinski definition) is 1. The lowest BCUT2D eigenvalue weighted by atomic mass is 9.92. The molecule has 1 aliphatic heterocycles. The Hall–Kier alpha value is -0.930. The molecule has 1 fully saturated rings. The van der Waals surface area contributed by atoms with E-state index < -0.39 is 0 Å². The zero-order valence-corrected chi connectivity index (χ0v) is 10.7. The van der Waals surface area contributed by atoms with Crippen LogP contribution in [0.2, 0.25) is 0 Å². The first-order chi connectivity index (χ1) is 8.06. The third kappa shape index (κ3) is 2.50. The van der Waals surface area contributed by atoms with Crippen molar-refractivity contribution in [3.05, 3.63) is 35.6 Å². The maximum Gasteiger partial charge on any atom is 0.129 e. The summed E-state index contributed by atoms with van der Waals surface area (Å²) in [5.74, 6) is -0.189. The second-order valence-electron chi connectivity index (χ2n) is 5.10. The van der Waals surface area contributed by atoms with Crippen molar-refractivity contribution in [2.45, 2.75) is 44.9 Å². The van der Waals surface area contributed by atoms with E-state index in [1.165, 1.54) is 6.07 Å². The Labute approximate surface area is 102 Å². The van der Waals surface area contributed by atoms with E-state index in [9.17, 15) is 4.39 Å². The highest BCUT2D eigenvalue weighted by molar-refractivity contribution is 5.22. The second kappa shape index (κ2) is 4.75. The normalized spacial score (nSPS) is 33.6. The van der Waals surface area contributed by atoms with Gasteiger partial charge in [0.05, 0.1) is 6.61 Å². The lowest BCUT2D eigenvalue weighted by molar-refractivity contribution is -0.0576. The van der Waals surface area contributed by atoms with Crippen molar-refractivity contribution < 1.29 is 9.13 Å². The van der Waals surface area contributed by atoms with E-state index in [0.717, 1.165) is 6.42 Å². The minimum atomic E-state index is -0.198. The van der Waals surface area contributed by atoms with Gasteiger partial charge in [-0.15, -0.1) is 0 Å². The molecular formula is C14H20FNO. The Bertz CT molecular complexity index is 396. The van der Waals surface area contributed by atoms with Crippen LogP contribution in [0.5, 0.6) is 0 Å². The number of benzene rings is 1. The molecule has 1 aliphatic rings. The van der Waals surface area contributed by atoms with Crippen LogP contribution in [0.15, 0.2) is 24.3 Å². The Kier molecular flexibility index (Phi) is 3.50. The van der Waals surface area contributed by atoms with Crippen LogP contribution in [0.25, 0.3) is 0 Å². The SMILES string of the molecule is CCC1(C)COC(c2ccccc2F)C(C)N1. The summed E-state index contributed by atoms with van der Waals surface area (Å²) in [7, 11) is 0. The summed E-state index contributed by atoms with van der Waals surface area (Å²) in [6.45, 7) is 6.94. The van der Waals surface area contributed by atoms with Gasteiger partial charge in [-0.2, -0.15) is 0 Å². The molecular weight excluding hydrogens is 217 g/mol. The summed E-state index contributed by atoms with van der Waals surface area (Å²) in [5, 5.41) is 3.53. The minimum Gasteiger partial charge on any atom is -0.370 e. The van der Waals surface area contributed by atoms with E-state index in [2.05, 4.69) is 19.2 Å². The fraction of sp³-hybridized carbons (Fsp3) is 0.571. The molecule has 0 aliphatic carbocycles. The predicted molar refractivity (Wildman–Crippen MR) is 66.4 cm³/mol. The van der Waals surface area contributed by atoms with Gasteiger partial charge in [-0.25, -0.2) is 4.39 Å². The van der Waals surface area contributed by atoms with Crippen LogP contribution in [0.3, 0.4) is 0 Å². The van der Waals surface area contributed by atoms with Crippen LogP contribution >= 0.6 is 0 Å². The lowest BCUT2D eigenvalue weighted by Crippen LogP contribution is -2.57. The molecule has 2 nitrogen and oxygen atoms in total. The quantitative estimate of drug-likeness (QED) is 0.853. The van der Waals surface area contributed by atoms with Crippen molar-refractivity contribution in [2.24, 2.45) is 0 Å². The summed E-state index contributed by atoms with van der Waals surface area (Å²) >= 11 is 0. The van der Waals surface area contributed by atoms with E-state index in [-0.39, 0.29) is 23.5 Å². The third-order valence-electron chi connectivity index (χ3n) is 3.60. The van der Waals surface area contributed by atoms with Gasteiger partial charge in [0.15, 0.2) is 0 Å². The van der Waals surface area contributed by atoms with Gasteiger partial charge < -0.3 is 10.1 Å². The highest BCUT2D eigenvalue weighted by Crippen LogP contribution is 2.30. The molecule has 2 rings (SSSR count). The fourth-order valence-electron chi connectivity index (χ4n) is 2.35. The van der Waals surface area contributed by atoms with E-state index in [4.69, 9.17) is 4.74 Å². The van der Waals surface area contributed by atoms with E-state index in [1.54, 1.807) is 12.1 Å². The van der Waals surface area contributed by atoms with Gasteiger partial charge in [-0.3, -0.25) is 0 Å². The van der Waals surface area contributed by atoms with Crippen LogP contribution in [0, 0.1) is 5.82 Å². The van der Waals surface area contributed by atoms with Crippen molar-refractivity contribution in [3.63, 3.8) is 0 Å². The summed E-state index contributed by atoms with van der Waals surface area (Å²) in [6.07, 6.45) is 0.803. The van der Waals surface area contributed by atoms with E-state index >= 15 is 0 Å². The maximum atomic E-state index is 13.7. The fourth-order valence-corrected chi connectivity index (χ4v) is 2.35. The van der Waals surface area contributed by atoms with Gasteiger partial charge in [0.25, 0.3) is 0 Å². The first-order valence-corrected chi connectivity index (χ1v) is 6.19. The van der Waals surface area contributed by atoms with Crippen LogP contribution in [0.4, 0.5) is 4.39 Å². The second-order valence-corrected chi connectivity index (χ2v) is 5.10. The number of morpholine rings is 1. The Morgan fingerprint density at radius 2 is 2.18 bits per heavy atom. The molecule has 3 atom stereocenters. The Balaban J connectivity index is 2.18. The summed E-state index contributed by atoms with van der Waals surface area (Å²) in [6, 6.07) is 6.95. The molecule has 0 radical (unpaired) electrons. The molecule has 0 aromatic heterocycles. The Morgan fingerprint density at radius 3 is 2.76 bits per heavy atom. The van der Waals surface area contributed by atoms with E-state index in [1.807, 2.05) is 13.0 Å². The van der Waals surface area contributed by atoms with Gasteiger partial charge >= 0.3 is 0 Å². The standard InChI is InChI=1S/C14H20FNO/c1-4-14(3)9-17-13(10(2)16-14)11-7-5-6-8-12(11)15/h5-8,10,13,16H,4,9H2,1-3H3. The molecule has 0 bridgehead atoms. The molecule has 0 amide bonds. The number of nitrogens with one attached hydrogen (secondary N) is 1. The average molecular weight is 237 g/mol. The van der Waals surface area contributed by atoms with Gasteiger partial charge in [0, 0.05) is 17.1 Å². The molecule has 17 heavy (non-hydrogen) atoms. The first kappa shape index (κ1) is 12.5. The van der Waals surface area contributed by atoms with Crippen molar-refractivity contribution in [3.8, 4) is 0 Å². The van der Waals surface area contributed by atoms with Crippen LogP contribution in [-0.2, 0) is 4.74 Å². The van der Waals surface area contributed by atoms with Crippen molar-refractivity contribution in [2.75, 3.05) is 6.61 Å². The molecule has 1 aromatic carbocycles. The largest absolute Gasteiger partial charge is 0.370 e. The Morgan fingerprint density at radius 1 is 1.47 bits per heavy atom. The molecule has 1 aromatic rings. The summed E-state index contributed by atoms with van der Waals surface area (Å²) < 4.78 is 19.6. The highest BCUT2D eigenvalue weighted by atomic mass is 19.1. The molecule has 0 spiro atoms. The third-order valence-corrected chi connectivity index (χ3v) is 3.60. The number of hydrogen-bond acceptors (Lipinski definition) is 2. The molecule has 0 saturated carbocycles. The summed E-state index contributed by atoms with van der Waals surface area (Å²) in [5.41, 5.74) is 0.645. The van der Waals surface area contributed by atoms with Crippen LogP contribution in [-0.4, -0.2) is 18.2 Å². The van der Waals surface area contributed by atoms with Gasteiger partial charge in [0.2, 0.25) is 0 Å². The van der Waals surface area contributed by atoms with Gasteiger partial charge in [0.1, 0.15) is 11.9 Å². The molecule has 1 heterocycles. The highest BCUT2D eigenvalue weighted by Gasteiger charge is 2.36. The molecule has 1 saturated heterocycles. The average Bonchev–Trinajstić information content (AvgIpc) is 2.31. The smallest absolute Gasteiger partial charge is 0.129 e. The number of halogens is 1. The topological polar surface area (TPSA) is 21.3 Å². The van der Waals surface area contributed by atoms with Crippen molar-refractivity contribution in [1.29, 1.82) is 0 Å². The molecule has 1 N–H and O–H groups in total. The number of rotatable bonds is 2. The maximum absolute atomic E-state index is 13.7. The van der Waals surface area contributed by atoms with Crippen molar-refractivity contribution in [1.82, 2.24) is 5.32 Å². The predicted octanol–water partition coefficient (Wildman–Crippen LogP) is 3.04. The molecule has 3 heteroatoms. The summed E-state index contributed by atoms with van der Waals surface area (Å²) in [4.78, 5) is 0. The minimum absolute atomic E-state index is 0.00116. The zero-order chi connectivity index (χ0) is 12.5. The zero-order valence-electron chi connectivity index (χ0n) is 10.7. The van der Waals surface area contributed by atoms with Crippen LogP contribution in [0.1, 0.15) is 38.9 Å². The van der Waals surface area contributed by atoms with E-state index in [0.29, 0.717) is 12.2 Å². The molecule has 94 valence electrons. The van der Waals surface area contributed by atoms with Crippen LogP contribution < -0.4 is 5.32 Å².